The molecule has 0 saturated heterocycles. The summed E-state index contributed by atoms with van der Waals surface area (Å²) in [5.74, 6) is 8.35. The van der Waals surface area contributed by atoms with Crippen molar-refractivity contribution in [3.63, 3.8) is 0 Å². The van der Waals surface area contributed by atoms with Crippen molar-refractivity contribution in [2.24, 2.45) is 65.1 Å². The number of hydrogen-bond donors (Lipinski definition) is 0. The first kappa shape index (κ1) is 93.4. The summed E-state index contributed by atoms with van der Waals surface area (Å²) < 4.78 is 48.1. The van der Waals surface area contributed by atoms with Gasteiger partial charge < -0.3 is 42.6 Å². The van der Waals surface area contributed by atoms with E-state index in [4.69, 9.17) is 42.6 Å². The average Bonchev–Trinajstić information content (AvgIpc) is 4.06. The van der Waals surface area contributed by atoms with Crippen LogP contribution in [0.25, 0.3) is 0 Å². The van der Waals surface area contributed by atoms with E-state index in [9.17, 15) is 0 Å². The lowest BCUT2D eigenvalue weighted by atomic mass is 9.73. The van der Waals surface area contributed by atoms with E-state index in [0.717, 1.165) is 42.8 Å². The molecule has 9 nitrogen and oxygen atoms in total. The smallest absolute Gasteiger partial charge is 0.0602 e. The molecule has 0 aliphatic heterocycles. The third-order valence-corrected chi connectivity index (χ3v) is 19.1. The standard InChI is InChI=1S/C14H26O.C9H18O.C9H20O.C8H16O.2C8H18O.2C7H16O.C6H14O/c1-2-15-14-10-6-9-13(11-14)12-7-4-3-5-8-12;1-8(10-2)9-6-4-3-5-7-9;1-7(2)8(3)10-9(4,5)6;1-7(9-2)8-5-3-4-6-8;1-6(2)7(3)8(4)9-5;1-6(2)8(5)9-7(3)4;1-5-6(2)7(3)8-4;1-5-8-7(4)6(2)3;1-5(2)6(3)7-4/h12-14H,2-11H2,1H3;8-9H,3-7H2,1-2H3;7-8H,1-6H3;7-8H,3-6H2,1-2H3;2*6-8H,1-5H3;2*6-7H,5H2,1-4H3;5-6H,1-4H3. The minimum atomic E-state index is 0.00366. The summed E-state index contributed by atoms with van der Waals surface area (Å²) in [4.78, 5) is 0. The maximum Gasteiger partial charge on any atom is 0.0602 e. The highest BCUT2D eigenvalue weighted by atomic mass is 16.5. The summed E-state index contributed by atoms with van der Waals surface area (Å²) in [6.45, 7) is 61.7. The molecule has 0 bridgehead atoms. The Morgan fingerprint density at radius 2 is 0.753 bits per heavy atom. The zero-order valence-corrected chi connectivity index (χ0v) is 64.1. The van der Waals surface area contributed by atoms with Gasteiger partial charge in [0.05, 0.1) is 66.6 Å². The lowest BCUT2D eigenvalue weighted by Crippen LogP contribution is -2.28. The monoisotopic (exact) mass is 1220 g/mol. The molecule has 12 atom stereocenters. The van der Waals surface area contributed by atoms with Gasteiger partial charge in [0.1, 0.15) is 0 Å². The third kappa shape index (κ3) is 56.2. The largest absolute Gasteiger partial charge is 0.381 e. The normalized spacial score (nSPS) is 21.2. The molecule has 4 aliphatic carbocycles. The van der Waals surface area contributed by atoms with Crippen LogP contribution in [0, 0.1) is 65.1 Å². The van der Waals surface area contributed by atoms with Gasteiger partial charge in [0.15, 0.2) is 0 Å². The Kier molecular flexibility index (Phi) is 64.5. The van der Waals surface area contributed by atoms with Crippen molar-refractivity contribution in [3.8, 4) is 0 Å². The van der Waals surface area contributed by atoms with Crippen molar-refractivity contribution in [2.45, 2.75) is 383 Å². The predicted molar refractivity (Wildman–Crippen MR) is 375 cm³/mol. The zero-order valence-electron chi connectivity index (χ0n) is 64.1. The van der Waals surface area contributed by atoms with Gasteiger partial charge >= 0.3 is 0 Å². The fourth-order valence-electron chi connectivity index (χ4n) is 10.3. The highest BCUT2D eigenvalue weighted by molar-refractivity contribution is 4.81. The maximum absolute atomic E-state index is 5.80. The van der Waals surface area contributed by atoms with Crippen LogP contribution in [0.4, 0.5) is 0 Å². The van der Waals surface area contributed by atoms with Gasteiger partial charge in [0, 0.05) is 48.8 Å². The molecule has 4 rings (SSSR count). The number of rotatable bonds is 23. The molecular weight excluding hydrogens is 1060 g/mol. The fourth-order valence-corrected chi connectivity index (χ4v) is 10.3. The molecule has 4 fully saturated rings. The molecule has 12 unspecified atom stereocenters. The molecule has 0 aromatic carbocycles. The van der Waals surface area contributed by atoms with Crippen LogP contribution in [0.15, 0.2) is 0 Å². The topological polar surface area (TPSA) is 83.1 Å². The number of ether oxygens (including phenoxy) is 9. The summed E-state index contributed by atoms with van der Waals surface area (Å²) in [6.07, 6.45) is 31.2. The summed E-state index contributed by atoms with van der Waals surface area (Å²) in [5.41, 5.74) is 0.00366. The quantitative estimate of drug-likeness (QED) is 0.0993. The molecule has 9 heteroatoms. The molecule has 520 valence electrons. The van der Waals surface area contributed by atoms with Crippen molar-refractivity contribution in [3.05, 3.63) is 0 Å². The van der Waals surface area contributed by atoms with Crippen LogP contribution in [0.3, 0.4) is 0 Å². The lowest BCUT2D eigenvalue weighted by molar-refractivity contribution is -0.0698. The molecule has 0 N–H and O–H groups in total. The van der Waals surface area contributed by atoms with E-state index in [1.807, 2.05) is 21.1 Å². The van der Waals surface area contributed by atoms with Gasteiger partial charge in [-0.05, 0) is 214 Å². The van der Waals surface area contributed by atoms with E-state index < -0.39 is 0 Å². The van der Waals surface area contributed by atoms with Gasteiger partial charge in [-0.2, -0.15) is 0 Å². The minimum Gasteiger partial charge on any atom is -0.381 e. The van der Waals surface area contributed by atoms with Gasteiger partial charge in [0.2, 0.25) is 0 Å². The van der Waals surface area contributed by atoms with Gasteiger partial charge in [-0.3, -0.25) is 0 Å². The van der Waals surface area contributed by atoms with Crippen LogP contribution in [-0.2, 0) is 42.6 Å². The van der Waals surface area contributed by atoms with Crippen molar-refractivity contribution in [1.82, 2.24) is 0 Å². The van der Waals surface area contributed by atoms with Crippen molar-refractivity contribution < 1.29 is 42.6 Å². The second kappa shape index (κ2) is 58.7. The second-order valence-corrected chi connectivity index (χ2v) is 29.0. The molecular formula is C76H162O9. The first-order valence-electron chi connectivity index (χ1n) is 35.8. The van der Waals surface area contributed by atoms with Crippen LogP contribution in [-0.4, -0.2) is 115 Å². The van der Waals surface area contributed by atoms with E-state index in [2.05, 4.69) is 187 Å². The first-order chi connectivity index (χ1) is 39.6. The summed E-state index contributed by atoms with van der Waals surface area (Å²) in [7, 11) is 8.90. The highest BCUT2D eigenvalue weighted by Gasteiger charge is 2.29. The van der Waals surface area contributed by atoms with Crippen LogP contribution >= 0.6 is 0 Å². The average molecular weight is 1220 g/mol. The summed E-state index contributed by atoms with van der Waals surface area (Å²) in [5, 5.41) is 0. The Labute approximate surface area is 536 Å². The Balaban J connectivity index is -0.000000285. The van der Waals surface area contributed by atoms with Crippen LogP contribution in [0.1, 0.15) is 316 Å². The first-order valence-corrected chi connectivity index (χ1v) is 35.8. The third-order valence-electron chi connectivity index (χ3n) is 19.1. The Morgan fingerprint density at radius 3 is 1.00 bits per heavy atom. The van der Waals surface area contributed by atoms with Gasteiger partial charge in [-0.1, -0.05) is 167 Å². The molecule has 0 heterocycles. The molecule has 0 aromatic heterocycles. The molecule has 4 saturated carbocycles. The van der Waals surface area contributed by atoms with E-state index in [0.29, 0.717) is 96.5 Å². The zero-order chi connectivity index (χ0) is 66.8. The van der Waals surface area contributed by atoms with Crippen molar-refractivity contribution in [2.75, 3.05) is 48.8 Å². The molecule has 4 aliphatic rings. The second-order valence-electron chi connectivity index (χ2n) is 29.0. The predicted octanol–water partition coefficient (Wildman–Crippen LogP) is 22.4. The summed E-state index contributed by atoms with van der Waals surface area (Å²) >= 11 is 0. The van der Waals surface area contributed by atoms with Gasteiger partial charge in [-0.15, -0.1) is 0 Å². The molecule has 0 radical (unpaired) electrons. The Bertz CT molecular complexity index is 1300. The highest BCUT2D eigenvalue weighted by Crippen LogP contribution is 2.39. The molecule has 0 spiro atoms. The van der Waals surface area contributed by atoms with Crippen LogP contribution in [0.5, 0.6) is 0 Å². The van der Waals surface area contributed by atoms with E-state index in [-0.39, 0.29) is 5.60 Å². The molecule has 85 heavy (non-hydrogen) atoms. The van der Waals surface area contributed by atoms with E-state index in [1.165, 1.54) is 122 Å². The molecule has 0 aromatic rings. The van der Waals surface area contributed by atoms with E-state index in [1.54, 1.807) is 21.3 Å². The minimum absolute atomic E-state index is 0.00366. The molecule has 0 amide bonds. The van der Waals surface area contributed by atoms with Crippen LogP contribution in [0.2, 0.25) is 0 Å². The SMILES string of the molecule is CC(C)C(C)OC(C)(C)C.CC(C)OC(C)C(C)C.CCC(C)C(C)OC.CCOC(C)C(C)C.CCOC1CCCC(C2CCCCC2)C1.COC(C)C(C)C.COC(C)C(C)C(C)C.COC(C)C1CCCC1.COC(C)C1CCCCC1. The van der Waals surface area contributed by atoms with E-state index >= 15 is 0 Å². The maximum atomic E-state index is 5.80. The van der Waals surface area contributed by atoms with Crippen molar-refractivity contribution >= 4 is 0 Å². The summed E-state index contributed by atoms with van der Waals surface area (Å²) in [6, 6.07) is 0. The van der Waals surface area contributed by atoms with Gasteiger partial charge in [0.25, 0.3) is 0 Å². The number of hydrogen-bond acceptors (Lipinski definition) is 9. The Hall–Kier alpha value is -0.360. The number of methoxy groups -OCH3 is 5. The van der Waals surface area contributed by atoms with Crippen LogP contribution < -0.4 is 0 Å². The van der Waals surface area contributed by atoms with Crippen molar-refractivity contribution in [1.29, 1.82) is 0 Å². The fraction of sp³-hybridized carbons (Fsp3) is 1.00. The Morgan fingerprint density at radius 1 is 0.365 bits per heavy atom. The van der Waals surface area contributed by atoms with Gasteiger partial charge in [-0.25, -0.2) is 0 Å². The lowest BCUT2D eigenvalue weighted by Gasteiger charge is -2.36.